The lowest BCUT2D eigenvalue weighted by molar-refractivity contribution is -0.152. The van der Waals surface area contributed by atoms with Crippen LogP contribution in [-0.2, 0) is 9.53 Å². The molecule has 0 heterocycles. The lowest BCUT2D eigenvalue weighted by atomic mass is 9.89. The minimum Gasteiger partial charge on any atom is -0.462 e. The molecule has 1 aliphatic rings. The summed E-state index contributed by atoms with van der Waals surface area (Å²) in [5.41, 5.74) is 0. The molecule has 1 unspecified atom stereocenters. The van der Waals surface area contributed by atoms with Crippen LogP contribution >= 0.6 is 0 Å². The fraction of sp³-hybridized carbons (Fsp3) is 0.800. The van der Waals surface area contributed by atoms with Crippen LogP contribution in [-0.4, -0.2) is 12.1 Å². The highest BCUT2D eigenvalue weighted by Gasteiger charge is 2.22. The molecule has 0 saturated heterocycles. The lowest BCUT2D eigenvalue weighted by Gasteiger charge is -2.20. The first-order valence-electron chi connectivity index (χ1n) is 4.73. The predicted octanol–water partition coefficient (Wildman–Crippen LogP) is 2.33. The van der Waals surface area contributed by atoms with Crippen molar-refractivity contribution in [3.8, 4) is 0 Å². The zero-order chi connectivity index (χ0) is 8.97. The van der Waals surface area contributed by atoms with E-state index in [1.807, 2.05) is 0 Å². The second kappa shape index (κ2) is 4.48. The summed E-state index contributed by atoms with van der Waals surface area (Å²) in [6.07, 6.45) is 5.41. The first kappa shape index (κ1) is 9.56. The normalized spacial score (nSPS) is 19.6. The second-order valence-corrected chi connectivity index (χ2v) is 3.58. The Labute approximate surface area is 74.3 Å². The van der Waals surface area contributed by atoms with Gasteiger partial charge in [0.2, 0.25) is 0 Å². The van der Waals surface area contributed by atoms with Crippen molar-refractivity contribution >= 4 is 5.97 Å². The Kier molecular flexibility index (Phi) is 3.57. The van der Waals surface area contributed by atoms with Crippen LogP contribution in [0.1, 0.15) is 39.0 Å². The van der Waals surface area contributed by atoms with Crippen molar-refractivity contribution in [1.29, 1.82) is 0 Å². The number of hydrogen-bond donors (Lipinski definition) is 0. The second-order valence-electron chi connectivity index (χ2n) is 3.58. The van der Waals surface area contributed by atoms with Gasteiger partial charge in [-0.15, -0.1) is 0 Å². The standard InChI is InChI=1S/C10H17O2/c1-8(2)12-10(11)9-6-4-3-5-7-9/h8-9H,1,3-7H2,2H3. The zero-order valence-corrected chi connectivity index (χ0v) is 7.71. The van der Waals surface area contributed by atoms with Crippen molar-refractivity contribution in [2.75, 3.05) is 0 Å². The molecule has 1 atom stereocenters. The van der Waals surface area contributed by atoms with Crippen LogP contribution in [0.3, 0.4) is 0 Å². The Morgan fingerprint density at radius 1 is 1.42 bits per heavy atom. The molecule has 0 N–H and O–H groups in total. The molecule has 1 aliphatic carbocycles. The van der Waals surface area contributed by atoms with Crippen LogP contribution in [0.2, 0.25) is 0 Å². The van der Waals surface area contributed by atoms with Gasteiger partial charge >= 0.3 is 5.97 Å². The Morgan fingerprint density at radius 2 is 2.00 bits per heavy atom. The van der Waals surface area contributed by atoms with Gasteiger partial charge in [0, 0.05) is 0 Å². The molecule has 1 rings (SSSR count). The molecule has 0 aromatic heterocycles. The van der Waals surface area contributed by atoms with Gasteiger partial charge in [-0.05, 0) is 26.7 Å². The first-order valence-corrected chi connectivity index (χ1v) is 4.73. The maximum Gasteiger partial charge on any atom is 0.309 e. The van der Waals surface area contributed by atoms with E-state index in [2.05, 4.69) is 6.92 Å². The van der Waals surface area contributed by atoms with Gasteiger partial charge in [-0.25, -0.2) is 0 Å². The highest BCUT2D eigenvalue weighted by atomic mass is 16.5. The third-order valence-corrected chi connectivity index (χ3v) is 2.26. The monoisotopic (exact) mass is 169 g/mol. The van der Waals surface area contributed by atoms with E-state index in [1.54, 1.807) is 6.92 Å². The third kappa shape index (κ3) is 2.84. The molecule has 1 radical (unpaired) electrons. The summed E-state index contributed by atoms with van der Waals surface area (Å²) in [5.74, 6) is 0.111. The molecule has 1 saturated carbocycles. The van der Waals surface area contributed by atoms with E-state index in [0.29, 0.717) is 0 Å². The summed E-state index contributed by atoms with van der Waals surface area (Å²) < 4.78 is 5.04. The van der Waals surface area contributed by atoms with Gasteiger partial charge in [-0.1, -0.05) is 19.3 Å². The van der Waals surface area contributed by atoms with Crippen molar-refractivity contribution in [2.45, 2.75) is 45.1 Å². The van der Waals surface area contributed by atoms with Crippen LogP contribution in [0.25, 0.3) is 0 Å². The highest BCUT2D eigenvalue weighted by molar-refractivity contribution is 5.72. The smallest absolute Gasteiger partial charge is 0.309 e. The van der Waals surface area contributed by atoms with Gasteiger partial charge in [0.25, 0.3) is 0 Å². The van der Waals surface area contributed by atoms with Crippen LogP contribution in [0.4, 0.5) is 0 Å². The molecule has 2 nitrogen and oxygen atoms in total. The third-order valence-electron chi connectivity index (χ3n) is 2.26. The van der Waals surface area contributed by atoms with E-state index in [9.17, 15) is 4.79 Å². The van der Waals surface area contributed by atoms with Crippen molar-refractivity contribution in [1.82, 2.24) is 0 Å². The summed E-state index contributed by atoms with van der Waals surface area (Å²) in [7, 11) is 0. The largest absolute Gasteiger partial charge is 0.462 e. The van der Waals surface area contributed by atoms with E-state index in [4.69, 9.17) is 4.74 Å². The van der Waals surface area contributed by atoms with Crippen molar-refractivity contribution in [3.05, 3.63) is 6.92 Å². The molecule has 0 aliphatic heterocycles. The Balaban J connectivity index is 2.30. The van der Waals surface area contributed by atoms with Gasteiger partial charge in [0.05, 0.1) is 12.0 Å². The van der Waals surface area contributed by atoms with E-state index >= 15 is 0 Å². The summed E-state index contributed by atoms with van der Waals surface area (Å²) >= 11 is 0. The van der Waals surface area contributed by atoms with E-state index in [-0.39, 0.29) is 18.0 Å². The van der Waals surface area contributed by atoms with Gasteiger partial charge in [-0.2, -0.15) is 0 Å². The van der Waals surface area contributed by atoms with E-state index < -0.39 is 0 Å². The Bertz CT molecular complexity index is 146. The van der Waals surface area contributed by atoms with Gasteiger partial charge in [-0.3, -0.25) is 4.79 Å². The molecular formula is C10H17O2. The number of hydrogen-bond acceptors (Lipinski definition) is 2. The topological polar surface area (TPSA) is 26.3 Å². The van der Waals surface area contributed by atoms with Crippen molar-refractivity contribution in [2.24, 2.45) is 5.92 Å². The number of carbonyl (C=O) groups is 1. The molecule has 2 heteroatoms. The average molecular weight is 169 g/mol. The fourth-order valence-electron chi connectivity index (χ4n) is 1.63. The highest BCUT2D eigenvalue weighted by Crippen LogP contribution is 2.24. The van der Waals surface area contributed by atoms with E-state index in [1.165, 1.54) is 19.3 Å². The molecule has 0 amide bonds. The first-order chi connectivity index (χ1) is 5.70. The van der Waals surface area contributed by atoms with E-state index in [0.717, 1.165) is 12.8 Å². The molecule has 0 bridgehead atoms. The van der Waals surface area contributed by atoms with Gasteiger partial charge < -0.3 is 4.74 Å². The van der Waals surface area contributed by atoms with Crippen molar-refractivity contribution in [3.63, 3.8) is 0 Å². The van der Waals surface area contributed by atoms with Crippen LogP contribution in [0.5, 0.6) is 0 Å². The summed E-state index contributed by atoms with van der Waals surface area (Å²) in [5, 5.41) is 0. The van der Waals surface area contributed by atoms with Gasteiger partial charge in [0.1, 0.15) is 0 Å². The predicted molar refractivity (Wildman–Crippen MR) is 47.5 cm³/mol. The van der Waals surface area contributed by atoms with Crippen LogP contribution < -0.4 is 0 Å². The molecule has 0 aromatic rings. The van der Waals surface area contributed by atoms with Gasteiger partial charge in [0.15, 0.2) is 0 Å². The fourth-order valence-corrected chi connectivity index (χ4v) is 1.63. The van der Waals surface area contributed by atoms with Crippen molar-refractivity contribution < 1.29 is 9.53 Å². The molecular weight excluding hydrogens is 152 g/mol. The quantitative estimate of drug-likeness (QED) is 0.593. The number of carbonyl (C=O) groups excluding carboxylic acids is 1. The lowest BCUT2D eigenvalue weighted by Crippen LogP contribution is -2.23. The number of rotatable bonds is 2. The Morgan fingerprint density at radius 3 is 2.50 bits per heavy atom. The number of ether oxygens (including phenoxy) is 1. The summed E-state index contributed by atoms with van der Waals surface area (Å²) in [6.45, 7) is 5.42. The molecule has 12 heavy (non-hydrogen) atoms. The van der Waals surface area contributed by atoms with Crippen LogP contribution in [0, 0.1) is 12.8 Å². The minimum atomic E-state index is -0.209. The molecule has 0 aromatic carbocycles. The molecule has 0 spiro atoms. The molecule has 69 valence electrons. The molecule has 1 fully saturated rings. The SMILES string of the molecule is [CH2]C(C)OC(=O)C1CCCCC1. The van der Waals surface area contributed by atoms with Crippen LogP contribution in [0.15, 0.2) is 0 Å². The Hall–Kier alpha value is -0.530. The number of esters is 1. The summed E-state index contributed by atoms with van der Waals surface area (Å²) in [4.78, 5) is 11.3. The maximum atomic E-state index is 11.3. The maximum absolute atomic E-state index is 11.3. The average Bonchev–Trinajstić information content (AvgIpc) is 2.05. The zero-order valence-electron chi connectivity index (χ0n) is 7.71. The summed E-state index contributed by atoms with van der Waals surface area (Å²) in [6, 6.07) is 0. The minimum absolute atomic E-state index is 0.0443.